The zero-order valence-corrected chi connectivity index (χ0v) is 13.3. The summed E-state index contributed by atoms with van der Waals surface area (Å²) in [7, 11) is 0. The maximum absolute atomic E-state index is 5.70. The number of aromatic nitrogens is 1. The number of hydrogen-bond donors (Lipinski definition) is 1. The minimum atomic E-state index is 0.233. The summed E-state index contributed by atoms with van der Waals surface area (Å²) in [5, 5.41) is 3.22. The summed E-state index contributed by atoms with van der Waals surface area (Å²) in [6.07, 6.45) is 0. The van der Waals surface area contributed by atoms with Gasteiger partial charge < -0.3 is 5.73 Å². The van der Waals surface area contributed by atoms with Gasteiger partial charge in [-0.3, -0.25) is 4.90 Å². The average molecular weight is 289 g/mol. The first-order chi connectivity index (χ1) is 9.71. The molecule has 3 nitrogen and oxygen atoms in total. The zero-order valence-electron chi connectivity index (χ0n) is 12.5. The van der Waals surface area contributed by atoms with E-state index >= 15 is 0 Å². The highest BCUT2D eigenvalue weighted by molar-refractivity contribution is 7.09. The van der Waals surface area contributed by atoms with E-state index in [1.54, 1.807) is 11.3 Å². The quantitative estimate of drug-likeness (QED) is 0.887. The molecule has 1 atom stereocenters. The Balaban J connectivity index is 2.47. The molecule has 1 aromatic carbocycles. The molecule has 108 valence electrons. The van der Waals surface area contributed by atoms with Crippen LogP contribution in [0.1, 0.15) is 41.7 Å². The molecule has 0 saturated carbocycles. The first-order valence-electron chi connectivity index (χ1n) is 7.15. The fourth-order valence-electron chi connectivity index (χ4n) is 2.51. The van der Waals surface area contributed by atoms with Crippen molar-refractivity contribution in [3.63, 3.8) is 0 Å². The van der Waals surface area contributed by atoms with Gasteiger partial charge in [0.15, 0.2) is 0 Å². The van der Waals surface area contributed by atoms with Crippen LogP contribution in [0, 0.1) is 6.92 Å². The third kappa shape index (κ3) is 3.08. The van der Waals surface area contributed by atoms with Gasteiger partial charge in [0.1, 0.15) is 5.01 Å². The number of hydrogen-bond acceptors (Lipinski definition) is 4. The molecule has 1 aromatic heterocycles. The number of rotatable bonds is 6. The lowest BCUT2D eigenvalue weighted by atomic mass is 10.0. The van der Waals surface area contributed by atoms with Crippen LogP contribution in [0.15, 0.2) is 29.6 Å². The number of nitrogens with zero attached hydrogens (tertiary/aromatic N) is 2. The summed E-state index contributed by atoms with van der Waals surface area (Å²) >= 11 is 1.71. The molecule has 0 amide bonds. The van der Waals surface area contributed by atoms with Gasteiger partial charge in [0, 0.05) is 11.9 Å². The molecule has 0 aliphatic heterocycles. The minimum Gasteiger partial charge on any atom is -0.325 e. The van der Waals surface area contributed by atoms with Gasteiger partial charge in [0.2, 0.25) is 0 Å². The Morgan fingerprint density at radius 3 is 2.50 bits per heavy atom. The molecule has 1 heterocycles. The Morgan fingerprint density at radius 2 is 1.95 bits per heavy atom. The standard InChI is InChI=1S/C16H23N3S/c1-4-19(5-2)15(14-9-7-6-8-12(14)3)16-18-13(10-17)11-20-16/h6-9,11,15H,4-5,10,17H2,1-3H3. The van der Waals surface area contributed by atoms with Gasteiger partial charge in [-0.1, -0.05) is 38.1 Å². The number of thiazole rings is 1. The largest absolute Gasteiger partial charge is 0.325 e. The molecule has 0 aliphatic rings. The summed E-state index contributed by atoms with van der Waals surface area (Å²) < 4.78 is 0. The molecule has 0 saturated heterocycles. The highest BCUT2D eigenvalue weighted by Gasteiger charge is 2.24. The van der Waals surface area contributed by atoms with E-state index in [4.69, 9.17) is 10.7 Å². The lowest BCUT2D eigenvalue weighted by Crippen LogP contribution is -2.29. The van der Waals surface area contributed by atoms with Crippen LogP contribution in [-0.4, -0.2) is 23.0 Å². The Hall–Kier alpha value is -1.23. The molecule has 2 rings (SSSR count). The summed E-state index contributed by atoms with van der Waals surface area (Å²) in [5.74, 6) is 0. The van der Waals surface area contributed by atoms with Gasteiger partial charge in [0.05, 0.1) is 11.7 Å². The molecule has 0 aliphatic carbocycles. The van der Waals surface area contributed by atoms with E-state index in [1.165, 1.54) is 11.1 Å². The molecule has 20 heavy (non-hydrogen) atoms. The van der Waals surface area contributed by atoms with Crippen LogP contribution >= 0.6 is 11.3 Å². The van der Waals surface area contributed by atoms with Crippen LogP contribution in [0.2, 0.25) is 0 Å². The van der Waals surface area contributed by atoms with Crippen molar-refractivity contribution < 1.29 is 0 Å². The Morgan fingerprint density at radius 1 is 1.25 bits per heavy atom. The Labute approximate surface area is 125 Å². The summed E-state index contributed by atoms with van der Waals surface area (Å²) in [6.45, 7) is 9.09. The fraction of sp³-hybridized carbons (Fsp3) is 0.438. The number of aryl methyl sites for hydroxylation is 1. The van der Waals surface area contributed by atoms with Crippen molar-refractivity contribution in [2.45, 2.75) is 33.4 Å². The van der Waals surface area contributed by atoms with E-state index in [1.807, 2.05) is 0 Å². The van der Waals surface area contributed by atoms with Crippen molar-refractivity contribution in [2.24, 2.45) is 5.73 Å². The van der Waals surface area contributed by atoms with Crippen LogP contribution in [0.5, 0.6) is 0 Å². The number of benzene rings is 1. The smallest absolute Gasteiger partial charge is 0.115 e. The van der Waals surface area contributed by atoms with Crippen LogP contribution in [0.25, 0.3) is 0 Å². The van der Waals surface area contributed by atoms with Gasteiger partial charge in [-0.15, -0.1) is 11.3 Å². The first kappa shape index (κ1) is 15.2. The van der Waals surface area contributed by atoms with E-state index in [2.05, 4.69) is 55.3 Å². The lowest BCUT2D eigenvalue weighted by molar-refractivity contribution is 0.249. The van der Waals surface area contributed by atoms with Crippen molar-refractivity contribution in [2.75, 3.05) is 13.1 Å². The lowest BCUT2D eigenvalue weighted by Gasteiger charge is -2.29. The van der Waals surface area contributed by atoms with Crippen molar-refractivity contribution in [3.05, 3.63) is 51.5 Å². The normalized spacial score (nSPS) is 12.8. The predicted octanol–water partition coefficient (Wildman–Crippen LogP) is 3.34. The third-order valence-corrected chi connectivity index (χ3v) is 4.62. The SMILES string of the molecule is CCN(CC)C(c1nc(CN)cs1)c1ccccc1C. The summed E-state index contributed by atoms with van der Waals surface area (Å²) in [5.41, 5.74) is 9.34. The molecular weight excluding hydrogens is 266 g/mol. The molecule has 0 bridgehead atoms. The summed E-state index contributed by atoms with van der Waals surface area (Å²) in [6, 6.07) is 8.81. The van der Waals surface area contributed by atoms with Crippen LogP contribution in [0.3, 0.4) is 0 Å². The molecular formula is C16H23N3S. The van der Waals surface area contributed by atoms with E-state index in [0.29, 0.717) is 6.54 Å². The monoisotopic (exact) mass is 289 g/mol. The summed E-state index contributed by atoms with van der Waals surface area (Å²) in [4.78, 5) is 7.16. The molecule has 2 N–H and O–H groups in total. The number of nitrogens with two attached hydrogens (primary N) is 1. The molecule has 1 unspecified atom stereocenters. The topological polar surface area (TPSA) is 42.2 Å². The highest BCUT2D eigenvalue weighted by atomic mass is 32.1. The second-order valence-electron chi connectivity index (χ2n) is 4.86. The van der Waals surface area contributed by atoms with E-state index < -0.39 is 0 Å². The van der Waals surface area contributed by atoms with Gasteiger partial charge >= 0.3 is 0 Å². The zero-order chi connectivity index (χ0) is 14.5. The first-order valence-corrected chi connectivity index (χ1v) is 8.03. The maximum Gasteiger partial charge on any atom is 0.115 e. The van der Waals surface area contributed by atoms with E-state index in [9.17, 15) is 0 Å². The van der Waals surface area contributed by atoms with Crippen molar-refractivity contribution in [1.29, 1.82) is 0 Å². The van der Waals surface area contributed by atoms with Crippen LogP contribution in [0.4, 0.5) is 0 Å². The third-order valence-electron chi connectivity index (χ3n) is 3.67. The van der Waals surface area contributed by atoms with Gasteiger partial charge in [-0.2, -0.15) is 0 Å². The second kappa shape index (κ2) is 6.97. The average Bonchev–Trinajstić information content (AvgIpc) is 2.94. The fourth-order valence-corrected chi connectivity index (χ4v) is 3.49. The molecule has 0 spiro atoms. The van der Waals surface area contributed by atoms with Crippen molar-refractivity contribution in [1.82, 2.24) is 9.88 Å². The van der Waals surface area contributed by atoms with E-state index in [0.717, 1.165) is 23.8 Å². The second-order valence-corrected chi connectivity index (χ2v) is 5.75. The minimum absolute atomic E-state index is 0.233. The van der Waals surface area contributed by atoms with E-state index in [-0.39, 0.29) is 6.04 Å². The maximum atomic E-state index is 5.70. The highest BCUT2D eigenvalue weighted by Crippen LogP contribution is 2.32. The van der Waals surface area contributed by atoms with Gasteiger partial charge in [0.25, 0.3) is 0 Å². The Kier molecular flexibility index (Phi) is 5.29. The Bertz CT molecular complexity index is 546. The van der Waals surface area contributed by atoms with Gasteiger partial charge in [-0.05, 0) is 31.1 Å². The molecule has 4 heteroatoms. The molecule has 0 fully saturated rings. The molecule has 0 radical (unpaired) electrons. The van der Waals surface area contributed by atoms with Gasteiger partial charge in [-0.25, -0.2) is 4.98 Å². The van der Waals surface area contributed by atoms with Crippen LogP contribution < -0.4 is 5.73 Å². The van der Waals surface area contributed by atoms with Crippen molar-refractivity contribution >= 4 is 11.3 Å². The van der Waals surface area contributed by atoms with Crippen LogP contribution in [-0.2, 0) is 6.54 Å². The van der Waals surface area contributed by atoms with Crippen molar-refractivity contribution in [3.8, 4) is 0 Å². The molecule has 2 aromatic rings. The predicted molar refractivity (Wildman–Crippen MR) is 85.9 cm³/mol.